The number of H-pyrrole nitrogens is 1. The van der Waals surface area contributed by atoms with Crippen LogP contribution in [0, 0.1) is 5.82 Å². The van der Waals surface area contributed by atoms with E-state index in [0.717, 1.165) is 4.57 Å². The first kappa shape index (κ1) is 16.3. The Hall–Kier alpha value is -2.04. The van der Waals surface area contributed by atoms with E-state index in [-0.39, 0.29) is 13.0 Å². The molecule has 2 rings (SSSR count). The number of carbonyl (C=O) groups is 1. The molecular weight excluding hydrogens is 301 g/mol. The van der Waals surface area contributed by atoms with Crippen molar-refractivity contribution in [3.05, 3.63) is 32.9 Å². The van der Waals surface area contributed by atoms with Crippen molar-refractivity contribution >= 4 is 5.97 Å². The lowest BCUT2D eigenvalue weighted by Gasteiger charge is -2.16. The molecule has 0 spiro atoms. The second-order valence-corrected chi connectivity index (χ2v) is 4.99. The fraction of sp³-hybridized carbons (Fsp3) is 0.583. The molecule has 4 N–H and O–H groups in total. The van der Waals surface area contributed by atoms with Crippen molar-refractivity contribution in [2.45, 2.75) is 37.8 Å². The number of aromatic nitrogens is 2. The van der Waals surface area contributed by atoms with Gasteiger partial charge in [-0.1, -0.05) is 0 Å². The summed E-state index contributed by atoms with van der Waals surface area (Å²) in [6.45, 7) is 1.19. The van der Waals surface area contributed by atoms with E-state index in [2.05, 4.69) is 0 Å². The Labute approximate surface area is 123 Å². The standard InChI is InChI=1S/C12H16FN3O6/c1-5(14)11(19)21-4-8-7(17)2-9(22-8)16-3-6(13)10(18)15-12(16)20/h3,5,7-9,17H,2,4,14H2,1H3,(H,15,18,20)/t5-,7?,8-,9-/m0/s1. The third-order valence-corrected chi connectivity index (χ3v) is 3.20. The van der Waals surface area contributed by atoms with Crippen molar-refractivity contribution in [2.75, 3.05) is 6.61 Å². The van der Waals surface area contributed by atoms with Gasteiger partial charge in [-0.3, -0.25) is 19.1 Å². The lowest BCUT2D eigenvalue weighted by molar-refractivity contribution is -0.151. The Balaban J connectivity index is 2.08. The number of aliphatic hydroxyl groups is 1. The molecule has 0 amide bonds. The number of halogens is 1. The van der Waals surface area contributed by atoms with E-state index < -0.39 is 47.5 Å². The minimum Gasteiger partial charge on any atom is -0.462 e. The van der Waals surface area contributed by atoms with Crippen LogP contribution in [-0.2, 0) is 14.3 Å². The summed E-state index contributed by atoms with van der Waals surface area (Å²) >= 11 is 0. The maximum atomic E-state index is 13.2. The quantitative estimate of drug-likeness (QED) is 0.558. The van der Waals surface area contributed by atoms with Crippen molar-refractivity contribution in [3.8, 4) is 0 Å². The van der Waals surface area contributed by atoms with Gasteiger partial charge in [0.1, 0.15) is 25.0 Å². The highest BCUT2D eigenvalue weighted by Gasteiger charge is 2.36. The summed E-state index contributed by atoms with van der Waals surface area (Å²) in [5, 5.41) is 9.86. The fourth-order valence-electron chi connectivity index (χ4n) is 2.01. The lowest BCUT2D eigenvalue weighted by atomic mass is 10.2. The number of carbonyl (C=O) groups excluding carboxylic acids is 1. The van der Waals surface area contributed by atoms with Crippen LogP contribution >= 0.6 is 0 Å². The molecular formula is C12H16FN3O6. The molecule has 1 aliphatic heterocycles. The zero-order valence-corrected chi connectivity index (χ0v) is 11.7. The van der Waals surface area contributed by atoms with Gasteiger partial charge in [0.05, 0.1) is 12.3 Å². The van der Waals surface area contributed by atoms with E-state index in [0.29, 0.717) is 6.20 Å². The third-order valence-electron chi connectivity index (χ3n) is 3.20. The number of rotatable bonds is 4. The number of aromatic amines is 1. The summed E-state index contributed by atoms with van der Waals surface area (Å²) in [5.74, 6) is -1.81. The predicted molar refractivity (Wildman–Crippen MR) is 70.4 cm³/mol. The predicted octanol–water partition coefficient (Wildman–Crippen LogP) is -1.79. The summed E-state index contributed by atoms with van der Waals surface area (Å²) in [4.78, 5) is 35.7. The van der Waals surface area contributed by atoms with Crippen molar-refractivity contribution in [1.29, 1.82) is 0 Å². The van der Waals surface area contributed by atoms with Gasteiger partial charge in [0.25, 0.3) is 5.56 Å². The lowest BCUT2D eigenvalue weighted by Crippen LogP contribution is -2.35. The Morgan fingerprint density at radius 3 is 3.00 bits per heavy atom. The van der Waals surface area contributed by atoms with Gasteiger partial charge in [-0.2, -0.15) is 4.39 Å². The number of nitrogens with two attached hydrogens (primary N) is 1. The first-order chi connectivity index (χ1) is 10.3. The van der Waals surface area contributed by atoms with E-state index in [1.54, 1.807) is 4.98 Å². The minimum absolute atomic E-state index is 0.0220. The highest BCUT2D eigenvalue weighted by Crippen LogP contribution is 2.27. The van der Waals surface area contributed by atoms with E-state index in [1.165, 1.54) is 6.92 Å². The first-order valence-electron chi connectivity index (χ1n) is 6.56. The van der Waals surface area contributed by atoms with Crippen molar-refractivity contribution in [3.63, 3.8) is 0 Å². The monoisotopic (exact) mass is 317 g/mol. The van der Waals surface area contributed by atoms with Gasteiger partial charge in [0.2, 0.25) is 5.82 Å². The Kier molecular flexibility index (Phi) is 4.74. The van der Waals surface area contributed by atoms with Crippen LogP contribution in [0.15, 0.2) is 15.8 Å². The molecule has 2 heterocycles. The number of aliphatic hydroxyl groups excluding tert-OH is 1. The SMILES string of the molecule is C[C@H](N)C(=O)OC[C@@H]1O[C@H](n2cc(F)c(=O)[nH]c2=O)CC1O. The molecule has 0 radical (unpaired) electrons. The smallest absolute Gasteiger partial charge is 0.330 e. The number of hydrogen-bond donors (Lipinski definition) is 3. The molecule has 0 aliphatic carbocycles. The van der Waals surface area contributed by atoms with E-state index in [9.17, 15) is 23.9 Å². The zero-order valence-electron chi connectivity index (χ0n) is 11.7. The van der Waals surface area contributed by atoms with E-state index in [4.69, 9.17) is 15.2 Å². The van der Waals surface area contributed by atoms with Gasteiger partial charge in [-0.05, 0) is 6.92 Å². The molecule has 0 saturated carbocycles. The molecule has 1 aliphatic rings. The number of ether oxygens (including phenoxy) is 2. The van der Waals surface area contributed by atoms with Crippen LogP contribution in [0.1, 0.15) is 19.6 Å². The van der Waals surface area contributed by atoms with Crippen LogP contribution in [-0.4, -0.2) is 45.5 Å². The summed E-state index contributed by atoms with van der Waals surface area (Å²) in [6.07, 6.45) is -2.20. The highest BCUT2D eigenvalue weighted by atomic mass is 19.1. The molecule has 9 nitrogen and oxygen atoms in total. The van der Waals surface area contributed by atoms with Crippen LogP contribution in [0.5, 0.6) is 0 Å². The van der Waals surface area contributed by atoms with Crippen LogP contribution in [0.25, 0.3) is 0 Å². The number of nitrogens with zero attached hydrogens (tertiary/aromatic N) is 1. The first-order valence-corrected chi connectivity index (χ1v) is 6.56. The third kappa shape index (κ3) is 3.40. The molecule has 0 bridgehead atoms. The molecule has 22 heavy (non-hydrogen) atoms. The summed E-state index contributed by atoms with van der Waals surface area (Å²) in [6, 6.07) is -0.815. The van der Waals surface area contributed by atoms with Crippen LogP contribution in [0.3, 0.4) is 0 Å². The molecule has 1 saturated heterocycles. The van der Waals surface area contributed by atoms with Gasteiger partial charge in [0, 0.05) is 6.42 Å². The van der Waals surface area contributed by atoms with Gasteiger partial charge < -0.3 is 20.3 Å². The molecule has 1 fully saturated rings. The summed E-state index contributed by atoms with van der Waals surface area (Å²) in [7, 11) is 0. The number of hydrogen-bond acceptors (Lipinski definition) is 7. The Morgan fingerprint density at radius 1 is 1.68 bits per heavy atom. The maximum Gasteiger partial charge on any atom is 0.330 e. The Morgan fingerprint density at radius 2 is 2.36 bits per heavy atom. The van der Waals surface area contributed by atoms with Crippen molar-refractivity contribution in [1.82, 2.24) is 9.55 Å². The van der Waals surface area contributed by atoms with Gasteiger partial charge in [-0.25, -0.2) is 4.79 Å². The van der Waals surface area contributed by atoms with Crippen LogP contribution in [0.4, 0.5) is 4.39 Å². The molecule has 122 valence electrons. The molecule has 1 aromatic heterocycles. The van der Waals surface area contributed by atoms with E-state index in [1.807, 2.05) is 0 Å². The second-order valence-electron chi connectivity index (χ2n) is 4.99. The fourth-order valence-corrected chi connectivity index (χ4v) is 2.01. The van der Waals surface area contributed by atoms with Gasteiger partial charge in [-0.15, -0.1) is 0 Å². The largest absolute Gasteiger partial charge is 0.462 e. The Bertz CT molecular complexity index is 670. The maximum absolute atomic E-state index is 13.2. The molecule has 10 heteroatoms. The highest BCUT2D eigenvalue weighted by molar-refractivity contribution is 5.74. The topological polar surface area (TPSA) is 137 Å². The summed E-state index contributed by atoms with van der Waals surface area (Å²) < 4.78 is 24.3. The average Bonchev–Trinajstić information content (AvgIpc) is 2.81. The van der Waals surface area contributed by atoms with Crippen LogP contribution < -0.4 is 17.0 Å². The summed E-state index contributed by atoms with van der Waals surface area (Å²) in [5.41, 5.74) is 3.32. The number of esters is 1. The molecule has 1 aromatic rings. The van der Waals surface area contributed by atoms with Crippen LogP contribution in [0.2, 0.25) is 0 Å². The molecule has 1 unspecified atom stereocenters. The van der Waals surface area contributed by atoms with Gasteiger partial charge in [0.15, 0.2) is 0 Å². The van der Waals surface area contributed by atoms with E-state index >= 15 is 0 Å². The normalized spacial score (nSPS) is 25.9. The second kappa shape index (κ2) is 6.38. The number of nitrogens with one attached hydrogen (secondary N) is 1. The van der Waals surface area contributed by atoms with Crippen molar-refractivity contribution < 1.29 is 23.8 Å². The molecule has 4 atom stereocenters. The van der Waals surface area contributed by atoms with Gasteiger partial charge >= 0.3 is 11.7 Å². The molecule has 0 aromatic carbocycles. The zero-order chi connectivity index (χ0) is 16.4. The minimum atomic E-state index is -1.15. The average molecular weight is 317 g/mol. The van der Waals surface area contributed by atoms with Crippen molar-refractivity contribution in [2.24, 2.45) is 5.73 Å².